The molecule has 0 aromatic heterocycles. The molecule has 0 N–H and O–H groups in total. The lowest BCUT2D eigenvalue weighted by atomic mass is 9.96. The highest BCUT2D eigenvalue weighted by molar-refractivity contribution is 5.81. The third-order valence-corrected chi connectivity index (χ3v) is 6.51. The van der Waals surface area contributed by atoms with Crippen LogP contribution in [0.3, 0.4) is 0 Å². The molecule has 0 heteroatoms. The summed E-state index contributed by atoms with van der Waals surface area (Å²) in [4.78, 5) is 0. The molecule has 0 aliphatic rings. The fourth-order valence-corrected chi connectivity index (χ4v) is 4.52. The summed E-state index contributed by atoms with van der Waals surface area (Å²) in [6.07, 6.45) is 23.5. The lowest BCUT2D eigenvalue weighted by Crippen LogP contribution is -1.88. The zero-order valence-corrected chi connectivity index (χ0v) is 21.0. The minimum atomic E-state index is 0.881. The van der Waals surface area contributed by atoms with Crippen molar-refractivity contribution in [2.24, 2.45) is 5.92 Å². The monoisotopic (exact) mass is 432 g/mol. The summed E-state index contributed by atoms with van der Waals surface area (Å²) in [6.45, 7) is 4.68. The zero-order valence-electron chi connectivity index (χ0n) is 21.0. The first-order valence-electron chi connectivity index (χ1n) is 13.6. The molecule has 0 heterocycles. The molecule has 0 saturated carbocycles. The van der Waals surface area contributed by atoms with Crippen LogP contribution in [0.25, 0.3) is 11.6 Å². The molecule has 0 atom stereocenters. The van der Waals surface area contributed by atoms with Gasteiger partial charge in [-0.15, -0.1) is 0 Å². The summed E-state index contributed by atoms with van der Waals surface area (Å²) in [6, 6.07) is 21.7. The molecule has 0 fully saturated rings. The lowest BCUT2D eigenvalue weighted by molar-refractivity contribution is 0.503. The summed E-state index contributed by atoms with van der Waals surface area (Å²) in [5, 5.41) is 0. The Morgan fingerprint density at radius 3 is 1.50 bits per heavy atom. The second kappa shape index (κ2) is 17.7. The van der Waals surface area contributed by atoms with Gasteiger partial charge in [0.2, 0.25) is 0 Å². The number of benzene rings is 2. The number of allylic oxidation sites excluding steroid dienone is 1. The number of rotatable bonds is 18. The predicted octanol–water partition coefficient (Wildman–Crippen LogP) is 10.7. The number of hydrogen-bond donors (Lipinski definition) is 0. The molecule has 0 nitrogen and oxygen atoms in total. The standard InChI is InChI=1S/C32H48/c1-29(2)22-16-12-10-8-6-4-3-5-7-9-11-13-19-27-32(31-25-20-15-21-26-31)28-30-23-17-14-18-24-30/h14-15,17-18,20-21,23-26,28-29H,3-13,16,19,22,27H2,1-2H3. The molecule has 0 aliphatic carbocycles. The van der Waals surface area contributed by atoms with Crippen molar-refractivity contribution >= 4 is 11.6 Å². The van der Waals surface area contributed by atoms with Crippen LogP contribution in [-0.2, 0) is 0 Å². The van der Waals surface area contributed by atoms with Gasteiger partial charge in [-0.2, -0.15) is 0 Å². The molecule has 0 spiro atoms. The minimum Gasteiger partial charge on any atom is -0.0628 e. The first-order chi connectivity index (χ1) is 15.8. The Bertz CT molecular complexity index is 695. The minimum absolute atomic E-state index is 0.881. The van der Waals surface area contributed by atoms with Gasteiger partial charge in [-0.25, -0.2) is 0 Å². The highest BCUT2D eigenvalue weighted by Gasteiger charge is 2.02. The maximum Gasteiger partial charge on any atom is -0.0224 e. The molecule has 0 radical (unpaired) electrons. The lowest BCUT2D eigenvalue weighted by Gasteiger charge is -2.09. The molecular formula is C32H48. The van der Waals surface area contributed by atoms with Crippen molar-refractivity contribution in [1.29, 1.82) is 0 Å². The summed E-state index contributed by atoms with van der Waals surface area (Å²) >= 11 is 0. The highest BCUT2D eigenvalue weighted by Crippen LogP contribution is 2.24. The molecule has 0 unspecified atom stereocenters. The second-order valence-corrected chi connectivity index (χ2v) is 9.98. The first kappa shape index (κ1) is 26.4. The van der Waals surface area contributed by atoms with E-state index in [9.17, 15) is 0 Å². The van der Waals surface area contributed by atoms with Gasteiger partial charge in [-0.1, -0.05) is 164 Å². The van der Waals surface area contributed by atoms with Gasteiger partial charge in [0.25, 0.3) is 0 Å². The fraction of sp³-hybridized carbons (Fsp3) is 0.562. The van der Waals surface area contributed by atoms with E-state index in [-0.39, 0.29) is 0 Å². The average Bonchev–Trinajstić information content (AvgIpc) is 2.82. The van der Waals surface area contributed by atoms with Gasteiger partial charge in [-0.3, -0.25) is 0 Å². The van der Waals surface area contributed by atoms with Crippen molar-refractivity contribution in [2.45, 2.75) is 110 Å². The molecule has 0 aliphatic heterocycles. The highest BCUT2D eigenvalue weighted by atomic mass is 14.1. The van der Waals surface area contributed by atoms with E-state index >= 15 is 0 Å². The van der Waals surface area contributed by atoms with Gasteiger partial charge in [-0.05, 0) is 35.5 Å². The van der Waals surface area contributed by atoms with E-state index in [1.807, 2.05) is 0 Å². The first-order valence-corrected chi connectivity index (χ1v) is 13.6. The average molecular weight is 433 g/mol. The molecule has 0 saturated heterocycles. The Hall–Kier alpha value is -1.82. The molecule has 0 bridgehead atoms. The normalized spacial score (nSPS) is 11.9. The molecule has 2 aromatic carbocycles. The fourth-order valence-electron chi connectivity index (χ4n) is 4.52. The van der Waals surface area contributed by atoms with Crippen LogP contribution in [0.1, 0.15) is 121 Å². The van der Waals surface area contributed by atoms with Crippen molar-refractivity contribution in [1.82, 2.24) is 0 Å². The number of hydrogen-bond acceptors (Lipinski definition) is 0. The van der Waals surface area contributed by atoms with E-state index in [0.29, 0.717) is 0 Å². The summed E-state index contributed by atoms with van der Waals surface area (Å²) in [5.74, 6) is 0.881. The predicted molar refractivity (Wildman–Crippen MR) is 145 cm³/mol. The smallest absolute Gasteiger partial charge is 0.0224 e. The van der Waals surface area contributed by atoms with Crippen LogP contribution in [0, 0.1) is 5.92 Å². The molecular weight excluding hydrogens is 384 g/mol. The Balaban J connectivity index is 1.51. The zero-order chi connectivity index (χ0) is 22.7. The maximum absolute atomic E-state index is 2.37. The molecule has 32 heavy (non-hydrogen) atoms. The van der Waals surface area contributed by atoms with Gasteiger partial charge in [0.1, 0.15) is 0 Å². The van der Waals surface area contributed by atoms with Gasteiger partial charge < -0.3 is 0 Å². The SMILES string of the molecule is CC(C)CCCCCCCCCCCCCCCC(=Cc1ccccc1)c1ccccc1. The largest absolute Gasteiger partial charge is 0.0628 e. The van der Waals surface area contributed by atoms with Crippen molar-refractivity contribution in [3.63, 3.8) is 0 Å². The number of unbranched alkanes of at least 4 members (excludes halogenated alkanes) is 12. The molecule has 0 amide bonds. The van der Waals surface area contributed by atoms with E-state index in [2.05, 4.69) is 80.6 Å². The van der Waals surface area contributed by atoms with Gasteiger partial charge in [0, 0.05) is 0 Å². The quantitative estimate of drug-likeness (QED) is 0.162. The molecule has 176 valence electrons. The third-order valence-electron chi connectivity index (χ3n) is 6.51. The van der Waals surface area contributed by atoms with E-state index < -0.39 is 0 Å². The van der Waals surface area contributed by atoms with Crippen LogP contribution in [-0.4, -0.2) is 0 Å². The van der Waals surface area contributed by atoms with Crippen LogP contribution in [0.4, 0.5) is 0 Å². The van der Waals surface area contributed by atoms with Gasteiger partial charge >= 0.3 is 0 Å². The van der Waals surface area contributed by atoms with E-state index in [1.165, 1.54) is 113 Å². The van der Waals surface area contributed by atoms with Crippen molar-refractivity contribution in [2.75, 3.05) is 0 Å². The van der Waals surface area contributed by atoms with Crippen LogP contribution in [0.5, 0.6) is 0 Å². The van der Waals surface area contributed by atoms with Crippen molar-refractivity contribution in [3.8, 4) is 0 Å². The van der Waals surface area contributed by atoms with E-state index in [1.54, 1.807) is 0 Å². The van der Waals surface area contributed by atoms with Crippen LogP contribution >= 0.6 is 0 Å². The van der Waals surface area contributed by atoms with Crippen LogP contribution in [0.15, 0.2) is 60.7 Å². The molecule has 2 aromatic rings. The summed E-state index contributed by atoms with van der Waals surface area (Å²) < 4.78 is 0. The summed E-state index contributed by atoms with van der Waals surface area (Å²) in [7, 11) is 0. The Morgan fingerprint density at radius 2 is 1.00 bits per heavy atom. The van der Waals surface area contributed by atoms with Gasteiger partial charge in [0.15, 0.2) is 0 Å². The van der Waals surface area contributed by atoms with Gasteiger partial charge in [0.05, 0.1) is 0 Å². The molecule has 2 rings (SSSR count). The van der Waals surface area contributed by atoms with Crippen LogP contribution in [0.2, 0.25) is 0 Å². The van der Waals surface area contributed by atoms with E-state index in [4.69, 9.17) is 0 Å². The van der Waals surface area contributed by atoms with Crippen molar-refractivity contribution in [3.05, 3.63) is 71.8 Å². The third kappa shape index (κ3) is 12.9. The Kier molecular flexibility index (Phi) is 14.6. The van der Waals surface area contributed by atoms with E-state index in [0.717, 1.165) is 5.92 Å². The Morgan fingerprint density at radius 1 is 0.562 bits per heavy atom. The summed E-state index contributed by atoms with van der Waals surface area (Å²) in [5.41, 5.74) is 4.15. The van der Waals surface area contributed by atoms with Crippen LogP contribution < -0.4 is 0 Å². The Labute approximate surface area is 199 Å². The second-order valence-electron chi connectivity index (χ2n) is 9.98. The maximum atomic E-state index is 2.37. The van der Waals surface area contributed by atoms with Crippen molar-refractivity contribution < 1.29 is 0 Å². The topological polar surface area (TPSA) is 0 Å².